The normalized spacial score (nSPS) is 16.1. The van der Waals surface area contributed by atoms with Gasteiger partial charge in [0, 0.05) is 51.0 Å². The van der Waals surface area contributed by atoms with Crippen LogP contribution in [-0.2, 0) is 18.3 Å². The van der Waals surface area contributed by atoms with Crippen LogP contribution in [0, 0.1) is 23.6 Å². The van der Waals surface area contributed by atoms with Gasteiger partial charge in [0.05, 0.1) is 0 Å². The van der Waals surface area contributed by atoms with Crippen LogP contribution in [-0.4, -0.2) is 80.7 Å². The lowest BCUT2D eigenvalue weighted by Gasteiger charge is -2.39. The second-order valence-corrected chi connectivity index (χ2v) is 12.4. The van der Waals surface area contributed by atoms with Gasteiger partial charge < -0.3 is 15.5 Å². The van der Waals surface area contributed by atoms with Gasteiger partial charge in [-0.2, -0.15) is 0 Å². The highest BCUT2D eigenvalue weighted by Gasteiger charge is 2.33. The van der Waals surface area contributed by atoms with Crippen molar-refractivity contribution in [3.05, 3.63) is 59.9 Å². The van der Waals surface area contributed by atoms with E-state index in [9.17, 15) is 14.0 Å². The number of carbonyl (C=O) groups excluding carboxylic acids is 2. The Morgan fingerprint density at radius 1 is 1.07 bits per heavy atom. The van der Waals surface area contributed by atoms with E-state index >= 15 is 0 Å². The van der Waals surface area contributed by atoms with Crippen molar-refractivity contribution < 1.29 is 14.0 Å². The Bertz CT molecular complexity index is 1330. The van der Waals surface area contributed by atoms with Gasteiger partial charge in [0.2, 0.25) is 5.91 Å². The molecule has 2 heterocycles. The maximum atomic E-state index is 14.2. The Balaban J connectivity index is 1.46. The molecule has 2 aromatic carbocycles. The number of urea groups is 1. The number of nitrogens with zero attached hydrogens (tertiary/aromatic N) is 6. The molecule has 1 aliphatic rings. The van der Waals surface area contributed by atoms with Crippen LogP contribution in [0.1, 0.15) is 46.1 Å². The summed E-state index contributed by atoms with van der Waals surface area (Å²) >= 11 is 0. The minimum atomic E-state index is -0.490. The first-order valence-electron chi connectivity index (χ1n) is 15.2. The molecular formula is C32H45FN8O2. The molecule has 0 aliphatic carbocycles. The van der Waals surface area contributed by atoms with Crippen LogP contribution >= 0.6 is 0 Å². The Kier molecular flexibility index (Phi) is 11.2. The number of amides is 3. The first kappa shape index (κ1) is 32.1. The molecule has 4 rings (SSSR count). The number of aromatic nitrogens is 4. The van der Waals surface area contributed by atoms with Crippen LogP contribution in [0.25, 0.3) is 11.4 Å². The summed E-state index contributed by atoms with van der Waals surface area (Å²) < 4.78 is 15.0. The van der Waals surface area contributed by atoms with Crippen molar-refractivity contribution in [2.24, 2.45) is 24.8 Å². The molecule has 3 aromatic rings. The summed E-state index contributed by atoms with van der Waals surface area (Å²) in [5, 5.41) is 17.5. The van der Waals surface area contributed by atoms with E-state index in [1.54, 1.807) is 17.8 Å². The summed E-state index contributed by atoms with van der Waals surface area (Å²) in [6.45, 7) is 11.6. The number of carbonyl (C=O) groups is 2. The number of tetrazole rings is 1. The maximum absolute atomic E-state index is 14.2. The lowest BCUT2D eigenvalue weighted by molar-refractivity contribution is -0.139. The van der Waals surface area contributed by atoms with Gasteiger partial charge >= 0.3 is 6.03 Å². The van der Waals surface area contributed by atoms with Crippen LogP contribution in [0.2, 0.25) is 0 Å². The van der Waals surface area contributed by atoms with E-state index in [1.807, 2.05) is 35.2 Å². The molecule has 2 unspecified atom stereocenters. The van der Waals surface area contributed by atoms with Gasteiger partial charge in [-0.1, -0.05) is 52.0 Å². The first-order chi connectivity index (χ1) is 20.6. The molecule has 0 radical (unpaired) electrons. The number of benzene rings is 2. The maximum Gasteiger partial charge on any atom is 0.319 e. The Morgan fingerprint density at radius 3 is 2.44 bits per heavy atom. The molecule has 0 bridgehead atoms. The molecule has 1 fully saturated rings. The fourth-order valence-electron chi connectivity index (χ4n) is 5.81. The zero-order valence-electron chi connectivity index (χ0n) is 26.0. The summed E-state index contributed by atoms with van der Waals surface area (Å²) in [6, 6.07) is 13.1. The minimum absolute atomic E-state index is 0.0437. The van der Waals surface area contributed by atoms with Gasteiger partial charge in [-0.25, -0.2) is 13.9 Å². The molecule has 11 heteroatoms. The van der Waals surface area contributed by atoms with E-state index < -0.39 is 6.04 Å². The van der Waals surface area contributed by atoms with E-state index in [-0.39, 0.29) is 24.3 Å². The van der Waals surface area contributed by atoms with E-state index in [0.29, 0.717) is 42.4 Å². The smallest absolute Gasteiger partial charge is 0.319 e. The van der Waals surface area contributed by atoms with Gasteiger partial charge in [0.1, 0.15) is 11.9 Å². The predicted molar refractivity (Wildman–Crippen MR) is 166 cm³/mol. The topological polar surface area (TPSA) is 108 Å². The zero-order valence-corrected chi connectivity index (χ0v) is 26.0. The third-order valence-electron chi connectivity index (χ3n) is 7.65. The number of likely N-dealkylation sites (tertiary alicyclic amines) is 1. The standard InChI is InChI=1S/C32H45FN8O2/c1-22(2)19-41(20-23(3)4)29(31(42)40-15-7-8-25(21-40)16-24-11-13-27(33)14-12-24)18-34-32(43)35-28-10-6-9-26(17-28)30-36-37-38-39(30)5/h6,9-14,17,22-23,25,29H,7-8,15-16,18-21H2,1-5H3,(H2,34,35,43). The summed E-state index contributed by atoms with van der Waals surface area (Å²) in [7, 11) is 1.76. The Labute approximate surface area is 254 Å². The molecule has 43 heavy (non-hydrogen) atoms. The lowest BCUT2D eigenvalue weighted by atomic mass is 9.91. The van der Waals surface area contributed by atoms with Crippen molar-refractivity contribution >= 4 is 17.6 Å². The van der Waals surface area contributed by atoms with E-state index in [4.69, 9.17) is 0 Å². The fourth-order valence-corrected chi connectivity index (χ4v) is 5.81. The van der Waals surface area contributed by atoms with Gasteiger partial charge in [-0.3, -0.25) is 9.69 Å². The minimum Gasteiger partial charge on any atom is -0.341 e. The molecule has 0 saturated carbocycles. The number of hydrogen-bond donors (Lipinski definition) is 2. The molecule has 2 atom stereocenters. The van der Waals surface area contributed by atoms with Crippen LogP contribution in [0.3, 0.4) is 0 Å². The number of rotatable bonds is 12. The lowest BCUT2D eigenvalue weighted by Crippen LogP contribution is -2.57. The second-order valence-electron chi connectivity index (χ2n) is 12.4. The summed E-state index contributed by atoms with van der Waals surface area (Å²) in [6.07, 6.45) is 2.75. The average molecular weight is 593 g/mol. The van der Waals surface area contributed by atoms with Crippen molar-refractivity contribution in [1.29, 1.82) is 0 Å². The van der Waals surface area contributed by atoms with Gasteiger partial charge in [-0.05, 0) is 77.3 Å². The van der Waals surface area contributed by atoms with Crippen LogP contribution in [0.15, 0.2) is 48.5 Å². The molecule has 1 aromatic heterocycles. The highest BCUT2D eigenvalue weighted by Crippen LogP contribution is 2.23. The molecule has 10 nitrogen and oxygen atoms in total. The number of aryl methyl sites for hydroxylation is 1. The summed E-state index contributed by atoms with van der Waals surface area (Å²) in [4.78, 5) is 31.4. The largest absolute Gasteiger partial charge is 0.341 e. The number of hydrogen-bond acceptors (Lipinski definition) is 6. The van der Waals surface area contributed by atoms with Crippen LogP contribution in [0.5, 0.6) is 0 Å². The highest BCUT2D eigenvalue weighted by atomic mass is 19.1. The van der Waals surface area contributed by atoms with Gasteiger partial charge in [0.25, 0.3) is 0 Å². The van der Waals surface area contributed by atoms with E-state index in [2.05, 4.69) is 58.8 Å². The molecular weight excluding hydrogens is 547 g/mol. The third-order valence-corrected chi connectivity index (χ3v) is 7.65. The molecule has 3 amide bonds. The van der Waals surface area contributed by atoms with Crippen LogP contribution < -0.4 is 10.6 Å². The van der Waals surface area contributed by atoms with Crippen molar-refractivity contribution in [2.75, 3.05) is 38.0 Å². The van der Waals surface area contributed by atoms with Crippen molar-refractivity contribution in [1.82, 2.24) is 35.3 Å². The second kappa shape index (κ2) is 15.0. The van der Waals surface area contributed by atoms with E-state index in [0.717, 1.165) is 43.5 Å². The number of anilines is 1. The number of halogens is 1. The van der Waals surface area contributed by atoms with Crippen molar-refractivity contribution in [2.45, 2.75) is 53.0 Å². The molecule has 232 valence electrons. The molecule has 2 N–H and O–H groups in total. The summed E-state index contributed by atoms with van der Waals surface area (Å²) in [5.74, 6) is 1.41. The highest BCUT2D eigenvalue weighted by molar-refractivity contribution is 5.91. The third kappa shape index (κ3) is 9.31. The molecule has 1 aliphatic heterocycles. The summed E-state index contributed by atoms with van der Waals surface area (Å²) in [5.41, 5.74) is 2.46. The van der Waals surface area contributed by atoms with Crippen molar-refractivity contribution in [3.8, 4) is 11.4 Å². The van der Waals surface area contributed by atoms with E-state index in [1.165, 1.54) is 12.1 Å². The SMILES string of the molecule is CC(C)CN(CC(C)C)C(CNC(=O)Nc1cccc(-c2nnnn2C)c1)C(=O)N1CCCC(Cc2ccc(F)cc2)C1. The number of nitrogens with one attached hydrogen (secondary N) is 2. The average Bonchev–Trinajstić information content (AvgIpc) is 3.39. The zero-order chi connectivity index (χ0) is 30.9. The quantitative estimate of drug-likeness (QED) is 0.318. The molecule has 0 spiro atoms. The van der Waals surface area contributed by atoms with Crippen LogP contribution in [0.4, 0.5) is 14.9 Å². The number of piperidine rings is 1. The molecule has 1 saturated heterocycles. The Hall–Kier alpha value is -3.86. The predicted octanol–water partition coefficient (Wildman–Crippen LogP) is 4.60. The van der Waals surface area contributed by atoms with Crippen molar-refractivity contribution in [3.63, 3.8) is 0 Å². The van der Waals surface area contributed by atoms with Gasteiger partial charge in [0.15, 0.2) is 5.82 Å². The monoisotopic (exact) mass is 592 g/mol. The first-order valence-corrected chi connectivity index (χ1v) is 15.2. The fraction of sp³-hybridized carbons (Fsp3) is 0.531. The van der Waals surface area contributed by atoms with Gasteiger partial charge in [-0.15, -0.1) is 5.10 Å². The Morgan fingerprint density at radius 2 is 1.79 bits per heavy atom.